The van der Waals surface area contributed by atoms with Crippen LogP contribution in [0.1, 0.15) is 11.9 Å². The van der Waals surface area contributed by atoms with Gasteiger partial charge in [0, 0.05) is 5.22 Å². The topological polar surface area (TPSA) is 70.2 Å². The Morgan fingerprint density at radius 3 is 2.87 bits per heavy atom. The number of benzene rings is 1. The van der Waals surface area contributed by atoms with Crippen LogP contribution in [0.3, 0.4) is 0 Å². The lowest BCUT2D eigenvalue weighted by molar-refractivity contribution is -0.116. The molecule has 8 heteroatoms. The Bertz CT molecular complexity index is 952. The van der Waals surface area contributed by atoms with Crippen LogP contribution in [0.2, 0.25) is 0 Å². The van der Waals surface area contributed by atoms with E-state index in [2.05, 4.69) is 33.0 Å². The number of amides is 1. The minimum absolute atomic E-state index is 0.182. The van der Waals surface area contributed by atoms with E-state index in [1.165, 1.54) is 11.8 Å². The summed E-state index contributed by atoms with van der Waals surface area (Å²) in [6.45, 7) is 0. The van der Waals surface area contributed by atoms with Gasteiger partial charge in [-0.15, -0.1) is 5.10 Å². The molecule has 1 atom stereocenters. The maximum absolute atomic E-state index is 12.6. The number of hydrogen-bond donors (Lipinski definition) is 1. The zero-order valence-electron chi connectivity index (χ0n) is 12.0. The molecule has 1 amide bonds. The first-order valence-electron chi connectivity index (χ1n) is 6.83. The van der Waals surface area contributed by atoms with Crippen molar-refractivity contribution in [2.24, 2.45) is 10.1 Å². The van der Waals surface area contributed by atoms with E-state index in [-0.39, 0.29) is 5.91 Å². The van der Waals surface area contributed by atoms with Gasteiger partial charge in [0.2, 0.25) is 6.17 Å². The summed E-state index contributed by atoms with van der Waals surface area (Å²) in [7, 11) is 0. The molecule has 0 saturated heterocycles. The van der Waals surface area contributed by atoms with Crippen molar-refractivity contribution in [2.75, 3.05) is 6.26 Å². The van der Waals surface area contributed by atoms with Crippen LogP contribution in [-0.4, -0.2) is 22.3 Å². The van der Waals surface area contributed by atoms with Crippen molar-refractivity contribution in [1.29, 1.82) is 0 Å². The normalized spacial score (nSPS) is 19.5. The average molecular weight is 438 g/mol. The lowest BCUT2D eigenvalue weighted by atomic mass is 10.1. The van der Waals surface area contributed by atoms with Crippen molar-refractivity contribution >= 4 is 51.1 Å². The van der Waals surface area contributed by atoms with Gasteiger partial charge in [0.05, 0.1) is 5.36 Å². The van der Waals surface area contributed by atoms with Crippen molar-refractivity contribution in [3.63, 3.8) is 0 Å². The van der Waals surface area contributed by atoms with E-state index in [0.29, 0.717) is 16.6 Å². The predicted molar refractivity (Wildman–Crippen MR) is 95.7 cm³/mol. The van der Waals surface area contributed by atoms with E-state index < -0.39 is 6.17 Å². The first-order chi connectivity index (χ1) is 11.2. The van der Waals surface area contributed by atoms with Crippen molar-refractivity contribution in [3.05, 3.63) is 56.5 Å². The van der Waals surface area contributed by atoms with Crippen LogP contribution in [0.4, 0.5) is 0 Å². The van der Waals surface area contributed by atoms with Crippen molar-refractivity contribution < 1.29 is 9.21 Å². The molecule has 0 saturated carbocycles. The second-order valence-electron chi connectivity index (χ2n) is 4.92. The molecule has 3 heterocycles. The molecule has 1 aromatic carbocycles. The minimum Gasteiger partial charge on any atom is -0.451 e. The molecule has 1 unspecified atom stereocenters. The fourth-order valence-corrected chi connectivity index (χ4v) is 3.37. The molecule has 0 bridgehead atoms. The molecule has 1 aromatic heterocycles. The van der Waals surface area contributed by atoms with E-state index in [1.54, 1.807) is 5.01 Å². The van der Waals surface area contributed by atoms with Gasteiger partial charge < -0.3 is 4.42 Å². The summed E-state index contributed by atoms with van der Waals surface area (Å²) in [4.78, 5) is 17.3. The fraction of sp³-hybridized carbons (Fsp3) is 0.133. The molecular formula is C15H11IN4O2S. The maximum Gasteiger partial charge on any atom is 0.276 e. The van der Waals surface area contributed by atoms with Gasteiger partial charge in [0.15, 0.2) is 14.7 Å². The Balaban J connectivity index is 1.99. The van der Waals surface area contributed by atoms with Crippen LogP contribution in [0.5, 0.6) is 0 Å². The zero-order chi connectivity index (χ0) is 16.0. The van der Waals surface area contributed by atoms with Crippen LogP contribution in [-0.2, 0) is 4.79 Å². The SMILES string of the molecule is CSC1=NN2C(=c3ccccc3=NC2c2ccc(I)o2)C(=O)N1. The van der Waals surface area contributed by atoms with Crippen molar-refractivity contribution in [1.82, 2.24) is 10.3 Å². The van der Waals surface area contributed by atoms with E-state index in [4.69, 9.17) is 9.41 Å². The number of hydrazone groups is 1. The van der Waals surface area contributed by atoms with Gasteiger partial charge in [-0.05, 0) is 47.0 Å². The first-order valence-corrected chi connectivity index (χ1v) is 9.13. The van der Waals surface area contributed by atoms with Crippen LogP contribution < -0.4 is 15.9 Å². The Hall–Kier alpha value is -1.81. The number of furan rings is 1. The highest BCUT2D eigenvalue weighted by Gasteiger charge is 2.35. The molecule has 4 rings (SSSR count). The number of carbonyl (C=O) groups excluding carboxylic acids is 1. The van der Waals surface area contributed by atoms with Crippen LogP contribution in [0.15, 0.2) is 50.9 Å². The van der Waals surface area contributed by atoms with E-state index in [1.807, 2.05) is 42.7 Å². The highest BCUT2D eigenvalue weighted by molar-refractivity contribution is 14.1. The lowest BCUT2D eigenvalue weighted by Gasteiger charge is -2.32. The van der Waals surface area contributed by atoms with Gasteiger partial charge in [0.1, 0.15) is 5.70 Å². The number of hydrogen-bond acceptors (Lipinski definition) is 6. The largest absolute Gasteiger partial charge is 0.451 e. The van der Waals surface area contributed by atoms with Crippen LogP contribution >= 0.6 is 34.4 Å². The van der Waals surface area contributed by atoms with Crippen LogP contribution in [0.25, 0.3) is 5.70 Å². The molecule has 2 aliphatic heterocycles. The Morgan fingerprint density at radius 1 is 1.30 bits per heavy atom. The summed E-state index contributed by atoms with van der Waals surface area (Å²) in [6.07, 6.45) is 1.38. The smallest absolute Gasteiger partial charge is 0.276 e. The molecule has 0 aliphatic carbocycles. The third-order valence-electron chi connectivity index (χ3n) is 3.56. The standard InChI is InChI=1S/C15H11IN4O2S/c1-23-15-18-14(21)12-8-4-2-3-5-9(8)17-13(20(12)19-15)10-6-7-11(16)22-10/h2-7,13H,1H3,(H,18,19,21). The number of fused-ring (bicyclic) bond motifs is 2. The molecule has 1 N–H and O–H groups in total. The molecule has 0 radical (unpaired) electrons. The first kappa shape index (κ1) is 14.8. The Morgan fingerprint density at radius 2 is 2.13 bits per heavy atom. The lowest BCUT2D eigenvalue weighted by Crippen LogP contribution is -2.50. The fourth-order valence-electron chi connectivity index (χ4n) is 2.57. The van der Waals surface area contributed by atoms with E-state index >= 15 is 0 Å². The number of amidine groups is 1. The average Bonchev–Trinajstić information content (AvgIpc) is 2.99. The van der Waals surface area contributed by atoms with Gasteiger partial charge in [-0.25, -0.2) is 10.0 Å². The Labute approximate surface area is 149 Å². The number of rotatable bonds is 1. The number of nitrogens with one attached hydrogen (secondary N) is 1. The second-order valence-corrected chi connectivity index (χ2v) is 6.78. The number of carbonyl (C=O) groups is 1. The monoisotopic (exact) mass is 438 g/mol. The predicted octanol–water partition coefficient (Wildman–Crippen LogP) is 1.39. The molecule has 23 heavy (non-hydrogen) atoms. The van der Waals surface area contributed by atoms with Gasteiger partial charge in [-0.3, -0.25) is 10.1 Å². The van der Waals surface area contributed by atoms with Gasteiger partial charge in [-0.2, -0.15) is 0 Å². The highest BCUT2D eigenvalue weighted by atomic mass is 127. The number of halogens is 1. The molecule has 0 spiro atoms. The summed E-state index contributed by atoms with van der Waals surface area (Å²) in [6, 6.07) is 11.3. The third kappa shape index (κ3) is 2.45. The van der Waals surface area contributed by atoms with E-state index in [9.17, 15) is 4.79 Å². The molecular weight excluding hydrogens is 427 g/mol. The number of nitrogens with zero attached hydrogens (tertiary/aromatic N) is 3. The maximum atomic E-state index is 12.6. The van der Waals surface area contributed by atoms with Gasteiger partial charge in [0.25, 0.3) is 5.91 Å². The summed E-state index contributed by atoms with van der Waals surface area (Å²) in [5.41, 5.74) is 0.491. The summed E-state index contributed by atoms with van der Waals surface area (Å²) < 4.78 is 6.49. The number of para-hydroxylation sites is 1. The molecule has 0 fully saturated rings. The Kier molecular flexibility index (Phi) is 3.64. The minimum atomic E-state index is -0.489. The van der Waals surface area contributed by atoms with Crippen LogP contribution in [0, 0.1) is 3.77 Å². The highest BCUT2D eigenvalue weighted by Crippen LogP contribution is 2.31. The van der Waals surface area contributed by atoms with Crippen molar-refractivity contribution in [2.45, 2.75) is 6.17 Å². The summed E-state index contributed by atoms with van der Waals surface area (Å²) in [5.74, 6) is 0.471. The summed E-state index contributed by atoms with van der Waals surface area (Å²) in [5, 5.41) is 11.0. The zero-order valence-corrected chi connectivity index (χ0v) is 15.0. The summed E-state index contributed by atoms with van der Waals surface area (Å²) >= 11 is 3.49. The molecule has 2 aliphatic rings. The molecule has 116 valence electrons. The molecule has 2 aromatic rings. The van der Waals surface area contributed by atoms with Crippen molar-refractivity contribution in [3.8, 4) is 0 Å². The van der Waals surface area contributed by atoms with Gasteiger partial charge in [-0.1, -0.05) is 30.0 Å². The number of thioether (sulfide) groups is 1. The third-order valence-corrected chi connectivity index (χ3v) is 4.71. The molecule has 6 nitrogen and oxygen atoms in total. The quantitative estimate of drug-likeness (QED) is 0.684. The second kappa shape index (κ2) is 5.68. The van der Waals surface area contributed by atoms with Gasteiger partial charge >= 0.3 is 0 Å². The van der Waals surface area contributed by atoms with E-state index in [0.717, 1.165) is 14.3 Å².